The Bertz CT molecular complexity index is 310. The SMILES string of the molecule is O=[N+]([O-])c1nccc2c1O2. The topological polar surface area (TPSA) is 68.6 Å². The molecule has 2 rings (SSSR count). The molecule has 0 N–H and O–H groups in total. The highest BCUT2D eigenvalue weighted by molar-refractivity contribution is 5.62. The second-order valence-electron chi connectivity index (χ2n) is 1.82. The van der Waals surface area contributed by atoms with E-state index in [0.717, 1.165) is 0 Å². The van der Waals surface area contributed by atoms with Gasteiger partial charge in [0.25, 0.3) is 5.75 Å². The Morgan fingerprint density at radius 2 is 2.50 bits per heavy atom. The van der Waals surface area contributed by atoms with Crippen LogP contribution in [-0.2, 0) is 0 Å². The van der Waals surface area contributed by atoms with Crippen molar-refractivity contribution >= 4 is 5.82 Å². The molecule has 1 aromatic heterocycles. The third kappa shape index (κ3) is 0.540. The van der Waals surface area contributed by atoms with Crippen molar-refractivity contribution in [3.8, 4) is 11.5 Å². The van der Waals surface area contributed by atoms with Crippen LogP contribution in [0.5, 0.6) is 11.5 Å². The van der Waals surface area contributed by atoms with E-state index in [0.29, 0.717) is 11.5 Å². The lowest BCUT2D eigenvalue weighted by atomic mass is 10.5. The highest BCUT2D eigenvalue weighted by atomic mass is 16.6. The Kier molecular flexibility index (Phi) is 0.743. The maximum atomic E-state index is 10.1. The Hall–Kier alpha value is -1.65. The van der Waals surface area contributed by atoms with Gasteiger partial charge in [0.05, 0.1) is 0 Å². The van der Waals surface area contributed by atoms with Crippen molar-refractivity contribution in [2.75, 3.05) is 0 Å². The molecule has 0 fully saturated rings. The molecule has 0 radical (unpaired) electrons. The van der Waals surface area contributed by atoms with Crippen LogP contribution < -0.4 is 4.74 Å². The van der Waals surface area contributed by atoms with E-state index in [1.165, 1.54) is 6.20 Å². The molecule has 1 aromatic rings. The number of rotatable bonds is 1. The first-order valence-corrected chi connectivity index (χ1v) is 2.60. The van der Waals surface area contributed by atoms with Crippen LogP contribution in [0, 0.1) is 10.1 Å². The molecule has 5 heteroatoms. The molecule has 0 amide bonds. The Morgan fingerprint density at radius 3 is 3.10 bits per heavy atom. The van der Waals surface area contributed by atoms with Crippen molar-refractivity contribution in [2.24, 2.45) is 0 Å². The van der Waals surface area contributed by atoms with Gasteiger partial charge in [-0.05, 0) is 9.91 Å². The third-order valence-electron chi connectivity index (χ3n) is 1.19. The van der Waals surface area contributed by atoms with Gasteiger partial charge in [0, 0.05) is 6.07 Å². The number of ether oxygens (including phenoxy) is 1. The summed E-state index contributed by atoms with van der Waals surface area (Å²) in [5, 5.41) is 10.1. The molecule has 0 aliphatic carbocycles. The van der Waals surface area contributed by atoms with Crippen LogP contribution in [0.2, 0.25) is 0 Å². The van der Waals surface area contributed by atoms with Crippen LogP contribution >= 0.6 is 0 Å². The average Bonchev–Trinajstić information content (AvgIpc) is 2.63. The van der Waals surface area contributed by atoms with Crippen molar-refractivity contribution in [3.63, 3.8) is 0 Å². The predicted molar refractivity (Wildman–Crippen MR) is 31.0 cm³/mol. The molecular weight excluding hydrogens is 136 g/mol. The lowest BCUT2D eigenvalue weighted by molar-refractivity contribution is -0.389. The van der Waals surface area contributed by atoms with Gasteiger partial charge in [-0.1, -0.05) is 0 Å². The van der Waals surface area contributed by atoms with Crippen molar-refractivity contribution in [1.29, 1.82) is 0 Å². The molecule has 0 bridgehead atoms. The molecule has 50 valence electrons. The maximum Gasteiger partial charge on any atom is 0.410 e. The summed E-state index contributed by atoms with van der Waals surface area (Å²) in [5.74, 6) is 0.659. The number of fused-ring (bicyclic) bond motifs is 1. The number of nitrogens with zero attached hydrogens (tertiary/aromatic N) is 2. The van der Waals surface area contributed by atoms with E-state index in [1.807, 2.05) is 0 Å². The Labute approximate surface area is 55.4 Å². The van der Waals surface area contributed by atoms with E-state index in [2.05, 4.69) is 4.98 Å². The summed E-state index contributed by atoms with van der Waals surface area (Å²) >= 11 is 0. The molecule has 0 unspecified atom stereocenters. The molecule has 0 saturated heterocycles. The molecule has 1 aliphatic rings. The zero-order valence-electron chi connectivity index (χ0n) is 4.77. The summed E-state index contributed by atoms with van der Waals surface area (Å²) in [6, 6.07) is 1.59. The Morgan fingerprint density at radius 1 is 1.70 bits per heavy atom. The summed E-state index contributed by atoms with van der Waals surface area (Å²) in [6.07, 6.45) is 1.35. The quantitative estimate of drug-likeness (QED) is 0.336. The van der Waals surface area contributed by atoms with Crippen LogP contribution in [0.4, 0.5) is 5.82 Å². The van der Waals surface area contributed by atoms with Crippen molar-refractivity contribution in [2.45, 2.75) is 0 Å². The fourth-order valence-corrected chi connectivity index (χ4v) is 0.714. The first kappa shape index (κ1) is 5.16. The monoisotopic (exact) mass is 138 g/mol. The van der Waals surface area contributed by atoms with Gasteiger partial charge in [0.2, 0.25) is 0 Å². The molecule has 1 aliphatic heterocycles. The van der Waals surface area contributed by atoms with Crippen LogP contribution in [-0.4, -0.2) is 9.91 Å². The van der Waals surface area contributed by atoms with E-state index in [1.54, 1.807) is 6.07 Å². The van der Waals surface area contributed by atoms with Crippen LogP contribution in [0.25, 0.3) is 0 Å². The number of hydrogen-bond donors (Lipinski definition) is 0. The van der Waals surface area contributed by atoms with Gasteiger partial charge in [-0.15, -0.1) is 0 Å². The summed E-state index contributed by atoms with van der Waals surface area (Å²) in [5.41, 5.74) is 0. The minimum Gasteiger partial charge on any atom is -0.441 e. The van der Waals surface area contributed by atoms with E-state index >= 15 is 0 Å². The molecule has 10 heavy (non-hydrogen) atoms. The molecule has 5 nitrogen and oxygen atoms in total. The number of hydrogen-bond acceptors (Lipinski definition) is 4. The normalized spacial score (nSPS) is 11.6. The smallest absolute Gasteiger partial charge is 0.410 e. The molecule has 0 aromatic carbocycles. The molecule has 0 spiro atoms. The highest BCUT2D eigenvalue weighted by Crippen LogP contribution is 2.50. The van der Waals surface area contributed by atoms with Crippen LogP contribution in [0.15, 0.2) is 12.3 Å². The third-order valence-corrected chi connectivity index (χ3v) is 1.19. The summed E-state index contributed by atoms with van der Waals surface area (Å²) in [7, 11) is 0. The summed E-state index contributed by atoms with van der Waals surface area (Å²) < 4.78 is 4.73. The molecule has 2 heterocycles. The van der Waals surface area contributed by atoms with Gasteiger partial charge < -0.3 is 14.9 Å². The second kappa shape index (κ2) is 1.44. The zero-order valence-corrected chi connectivity index (χ0v) is 4.77. The minimum atomic E-state index is -0.564. The number of pyridine rings is 1. The number of aromatic nitrogens is 1. The van der Waals surface area contributed by atoms with Gasteiger partial charge in [0.15, 0.2) is 5.75 Å². The largest absolute Gasteiger partial charge is 0.441 e. The first-order valence-electron chi connectivity index (χ1n) is 2.60. The Balaban J connectivity index is 2.56. The predicted octanol–water partition coefficient (Wildman–Crippen LogP) is 1.10. The van der Waals surface area contributed by atoms with Crippen molar-refractivity contribution in [3.05, 3.63) is 22.4 Å². The van der Waals surface area contributed by atoms with E-state index in [4.69, 9.17) is 4.74 Å². The van der Waals surface area contributed by atoms with Gasteiger partial charge >= 0.3 is 5.82 Å². The van der Waals surface area contributed by atoms with Crippen molar-refractivity contribution < 1.29 is 9.66 Å². The van der Waals surface area contributed by atoms with Gasteiger partial charge in [0.1, 0.15) is 6.20 Å². The van der Waals surface area contributed by atoms with E-state index in [-0.39, 0.29) is 5.82 Å². The highest BCUT2D eigenvalue weighted by Gasteiger charge is 2.33. The first-order chi connectivity index (χ1) is 4.79. The van der Waals surface area contributed by atoms with Crippen LogP contribution in [0.1, 0.15) is 0 Å². The fourth-order valence-electron chi connectivity index (χ4n) is 0.714. The van der Waals surface area contributed by atoms with Crippen LogP contribution in [0.3, 0.4) is 0 Å². The zero-order chi connectivity index (χ0) is 7.14. The summed E-state index contributed by atoms with van der Waals surface area (Å²) in [6.45, 7) is 0. The summed E-state index contributed by atoms with van der Waals surface area (Å²) in [4.78, 5) is 13.1. The van der Waals surface area contributed by atoms with E-state index in [9.17, 15) is 10.1 Å². The fraction of sp³-hybridized carbons (Fsp3) is 0. The lowest BCUT2D eigenvalue weighted by Gasteiger charge is -1.83. The lowest BCUT2D eigenvalue weighted by Crippen LogP contribution is -1.87. The van der Waals surface area contributed by atoms with Gasteiger partial charge in [-0.2, -0.15) is 0 Å². The second-order valence-corrected chi connectivity index (χ2v) is 1.82. The number of nitro groups is 1. The molecule has 0 atom stereocenters. The van der Waals surface area contributed by atoms with Gasteiger partial charge in [-0.25, -0.2) is 0 Å². The molecular formula is C5H2N2O3. The van der Waals surface area contributed by atoms with E-state index < -0.39 is 4.92 Å². The molecule has 0 saturated carbocycles. The average molecular weight is 138 g/mol. The van der Waals surface area contributed by atoms with Gasteiger partial charge in [-0.3, -0.25) is 0 Å². The standard InChI is InChI=1S/C5H2N2O3/c8-7(9)5-4-3(10-4)1-2-6-5/h1-2H. The maximum absolute atomic E-state index is 10.1. The minimum absolute atomic E-state index is 0.197. The van der Waals surface area contributed by atoms with Crippen molar-refractivity contribution in [1.82, 2.24) is 4.98 Å².